The minimum absolute atomic E-state index is 0.188. The molecular weight excluding hydrogens is 262 g/mol. The van der Waals surface area contributed by atoms with Gasteiger partial charge in [-0.3, -0.25) is 0 Å². The number of rotatable bonds is 9. The van der Waals surface area contributed by atoms with E-state index in [0.29, 0.717) is 19.3 Å². The van der Waals surface area contributed by atoms with Crippen LogP contribution in [-0.2, 0) is 10.2 Å². The normalized spacial score (nSPS) is 13.2. The number of nitrogens with two attached hydrogens (primary N) is 1. The Kier molecular flexibility index (Phi) is 7.76. The van der Waals surface area contributed by atoms with Crippen LogP contribution in [0.1, 0.15) is 46.6 Å². The molecule has 1 aromatic rings. The van der Waals surface area contributed by atoms with E-state index in [2.05, 4.69) is 52.1 Å². The van der Waals surface area contributed by atoms with Crippen LogP contribution in [-0.4, -0.2) is 32.4 Å². The first-order chi connectivity index (χ1) is 9.93. The first-order valence-corrected chi connectivity index (χ1v) is 8.08. The van der Waals surface area contributed by atoms with Crippen LogP contribution in [0.2, 0.25) is 0 Å². The summed E-state index contributed by atoms with van der Waals surface area (Å²) in [5.41, 5.74) is 1.51. The molecule has 1 rings (SSSR count). The van der Waals surface area contributed by atoms with Gasteiger partial charge in [-0.15, -0.1) is 0 Å². The number of benzene rings is 1. The molecule has 1 aromatic carbocycles. The van der Waals surface area contributed by atoms with Gasteiger partial charge >= 0.3 is 0 Å². The lowest BCUT2D eigenvalue weighted by atomic mass is 9.87. The highest BCUT2D eigenvalue weighted by Crippen LogP contribution is 2.24. The Morgan fingerprint density at radius 2 is 1.71 bits per heavy atom. The maximum atomic E-state index is 5.69. The van der Waals surface area contributed by atoms with Gasteiger partial charge in [0, 0.05) is 0 Å². The van der Waals surface area contributed by atoms with Gasteiger partial charge in [0.05, 0.1) is 25.8 Å². The van der Waals surface area contributed by atoms with E-state index >= 15 is 0 Å². The van der Waals surface area contributed by atoms with Crippen molar-refractivity contribution in [1.29, 1.82) is 0 Å². The van der Waals surface area contributed by atoms with Gasteiger partial charge in [0.2, 0.25) is 0 Å². The average Bonchev–Trinajstić information content (AvgIpc) is 2.45. The molecule has 0 spiro atoms. The first kappa shape index (κ1) is 18.0. The second kappa shape index (κ2) is 9.06. The molecular formula is C18H32NO2+. The lowest BCUT2D eigenvalue weighted by Gasteiger charge is -2.19. The summed E-state index contributed by atoms with van der Waals surface area (Å²) in [5, 5.41) is 2.33. The molecule has 0 saturated heterocycles. The lowest BCUT2D eigenvalue weighted by molar-refractivity contribution is -0.687. The second-order valence-corrected chi connectivity index (χ2v) is 6.65. The van der Waals surface area contributed by atoms with Crippen LogP contribution in [0.25, 0.3) is 0 Å². The van der Waals surface area contributed by atoms with E-state index in [1.807, 2.05) is 12.1 Å². The third-order valence-corrected chi connectivity index (χ3v) is 3.69. The smallest absolute Gasteiger partial charge is 0.119 e. The Balaban J connectivity index is 2.13. The molecule has 0 fully saturated rings. The molecule has 0 aromatic heterocycles. The van der Waals surface area contributed by atoms with E-state index in [9.17, 15) is 0 Å². The van der Waals surface area contributed by atoms with Gasteiger partial charge < -0.3 is 14.8 Å². The topological polar surface area (TPSA) is 35.1 Å². The highest BCUT2D eigenvalue weighted by Gasteiger charge is 2.12. The molecule has 0 aliphatic carbocycles. The number of quaternary nitrogens is 1. The van der Waals surface area contributed by atoms with Gasteiger partial charge in [-0.25, -0.2) is 0 Å². The Bertz CT molecular complexity index is 381. The fourth-order valence-corrected chi connectivity index (χ4v) is 1.97. The van der Waals surface area contributed by atoms with Crippen molar-refractivity contribution in [3.8, 4) is 5.75 Å². The average molecular weight is 294 g/mol. The van der Waals surface area contributed by atoms with Crippen LogP contribution >= 0.6 is 0 Å². The Morgan fingerprint density at radius 3 is 2.29 bits per heavy atom. The Hall–Kier alpha value is -1.06. The molecule has 2 N–H and O–H groups in total. The summed E-state index contributed by atoms with van der Waals surface area (Å²) in [6.07, 6.45) is 1.20. The predicted molar refractivity (Wildman–Crippen MR) is 88.0 cm³/mol. The highest BCUT2D eigenvalue weighted by atomic mass is 16.5. The molecule has 0 radical (unpaired) electrons. The number of hydrogen-bond donors (Lipinski definition) is 1. The quantitative estimate of drug-likeness (QED) is 0.711. The summed E-state index contributed by atoms with van der Waals surface area (Å²) in [6.45, 7) is 14.2. The molecule has 0 aliphatic rings. The van der Waals surface area contributed by atoms with Crippen LogP contribution in [0.5, 0.6) is 5.75 Å². The zero-order valence-electron chi connectivity index (χ0n) is 14.3. The van der Waals surface area contributed by atoms with Crippen molar-refractivity contribution in [2.24, 2.45) is 0 Å². The summed E-state index contributed by atoms with van der Waals surface area (Å²) >= 11 is 0. The summed E-state index contributed by atoms with van der Waals surface area (Å²) in [6, 6.07) is 9.04. The molecule has 0 heterocycles. The summed E-state index contributed by atoms with van der Waals surface area (Å²) in [5.74, 6) is 0.915. The summed E-state index contributed by atoms with van der Waals surface area (Å²) < 4.78 is 11.3. The molecule has 0 unspecified atom stereocenters. The van der Waals surface area contributed by atoms with Crippen molar-refractivity contribution < 1.29 is 14.8 Å². The number of ether oxygens (including phenoxy) is 2. The minimum Gasteiger partial charge on any atom is -0.491 e. The fourth-order valence-electron chi connectivity index (χ4n) is 1.97. The van der Waals surface area contributed by atoms with Crippen molar-refractivity contribution in [2.45, 2.75) is 52.5 Å². The summed E-state index contributed by atoms with van der Waals surface area (Å²) in [7, 11) is 0. The van der Waals surface area contributed by atoms with Crippen molar-refractivity contribution in [2.75, 3.05) is 26.4 Å². The van der Waals surface area contributed by atoms with Gasteiger partial charge in [0.1, 0.15) is 12.4 Å². The fraction of sp³-hybridized carbons (Fsp3) is 0.667. The third kappa shape index (κ3) is 7.49. The zero-order valence-corrected chi connectivity index (χ0v) is 14.3. The molecule has 3 heteroatoms. The standard InChI is InChI=1S/C18H31NO2/c1-6-15(2)19-11-12-20-13-14-21-17-9-7-16(8-10-17)18(3,4)5/h7-10,15,19H,6,11-14H2,1-5H3/p+1/t15-/m1/s1. The van der Waals surface area contributed by atoms with Gasteiger partial charge in [0.15, 0.2) is 0 Å². The van der Waals surface area contributed by atoms with Crippen molar-refractivity contribution in [1.82, 2.24) is 0 Å². The molecule has 120 valence electrons. The molecule has 0 saturated carbocycles. The second-order valence-electron chi connectivity index (χ2n) is 6.65. The monoisotopic (exact) mass is 294 g/mol. The van der Waals surface area contributed by atoms with Crippen LogP contribution in [0.3, 0.4) is 0 Å². The van der Waals surface area contributed by atoms with Crippen LogP contribution in [0, 0.1) is 0 Å². The molecule has 21 heavy (non-hydrogen) atoms. The summed E-state index contributed by atoms with van der Waals surface area (Å²) in [4.78, 5) is 0. The van der Waals surface area contributed by atoms with Crippen LogP contribution in [0.4, 0.5) is 0 Å². The molecule has 0 aliphatic heterocycles. The third-order valence-electron chi connectivity index (χ3n) is 3.69. The van der Waals surface area contributed by atoms with Crippen LogP contribution < -0.4 is 10.1 Å². The predicted octanol–water partition coefficient (Wildman–Crippen LogP) is 2.74. The van der Waals surface area contributed by atoms with Crippen molar-refractivity contribution in [3.63, 3.8) is 0 Å². The van der Waals surface area contributed by atoms with Gasteiger partial charge in [-0.2, -0.15) is 0 Å². The van der Waals surface area contributed by atoms with Crippen molar-refractivity contribution in [3.05, 3.63) is 29.8 Å². The molecule has 0 bridgehead atoms. The zero-order chi connectivity index (χ0) is 15.7. The van der Waals surface area contributed by atoms with E-state index < -0.39 is 0 Å². The van der Waals surface area contributed by atoms with E-state index in [-0.39, 0.29) is 5.41 Å². The van der Waals surface area contributed by atoms with Gasteiger partial charge in [0.25, 0.3) is 0 Å². The molecule has 1 atom stereocenters. The van der Waals surface area contributed by atoms with E-state index in [1.165, 1.54) is 12.0 Å². The van der Waals surface area contributed by atoms with Crippen molar-refractivity contribution >= 4 is 0 Å². The Morgan fingerprint density at radius 1 is 1.05 bits per heavy atom. The molecule has 3 nitrogen and oxygen atoms in total. The first-order valence-electron chi connectivity index (χ1n) is 8.08. The maximum absolute atomic E-state index is 5.69. The van der Waals surface area contributed by atoms with Crippen LogP contribution in [0.15, 0.2) is 24.3 Å². The van der Waals surface area contributed by atoms with Gasteiger partial charge in [-0.1, -0.05) is 39.8 Å². The van der Waals surface area contributed by atoms with E-state index in [1.54, 1.807) is 0 Å². The minimum atomic E-state index is 0.188. The SMILES string of the molecule is CC[C@@H](C)[NH2+]CCOCCOc1ccc(C(C)(C)C)cc1. The van der Waals surface area contributed by atoms with E-state index in [0.717, 1.165) is 18.9 Å². The van der Waals surface area contributed by atoms with E-state index in [4.69, 9.17) is 9.47 Å². The lowest BCUT2D eigenvalue weighted by Crippen LogP contribution is -2.90. The maximum Gasteiger partial charge on any atom is 0.119 e. The molecule has 0 amide bonds. The number of hydrogen-bond acceptors (Lipinski definition) is 2. The Labute approximate surface area is 130 Å². The highest BCUT2D eigenvalue weighted by molar-refractivity contribution is 5.31. The van der Waals surface area contributed by atoms with Gasteiger partial charge in [-0.05, 0) is 36.5 Å². The largest absolute Gasteiger partial charge is 0.491 e.